The molecule has 0 bridgehead atoms. The summed E-state index contributed by atoms with van der Waals surface area (Å²) in [7, 11) is -3.74. The van der Waals surface area contributed by atoms with Crippen LogP contribution in [0, 0.1) is 13.8 Å². The van der Waals surface area contributed by atoms with E-state index in [0.717, 1.165) is 11.1 Å². The van der Waals surface area contributed by atoms with Gasteiger partial charge in [0.15, 0.2) is 0 Å². The standard InChI is InChI=1S/C25H28N2O5S/c1-4-31-15-16-32-23-11-6-20(7-12-23)25(28)26-21-9-13-24(14-10-21)33(29,30)27-22-8-5-18(2)19(3)17-22/h5-14,17,27H,4,15-16H2,1-3H3,(H,26,28). The second-order valence-electron chi connectivity index (χ2n) is 7.45. The molecular formula is C25H28N2O5S. The normalized spacial score (nSPS) is 11.1. The predicted octanol–water partition coefficient (Wildman–Crippen LogP) is 4.77. The molecule has 0 unspecified atom stereocenters. The smallest absolute Gasteiger partial charge is 0.261 e. The SMILES string of the molecule is CCOCCOc1ccc(C(=O)Nc2ccc(S(=O)(=O)Nc3ccc(C)c(C)c3)cc2)cc1. The van der Waals surface area contributed by atoms with Gasteiger partial charge in [0.25, 0.3) is 15.9 Å². The summed E-state index contributed by atoms with van der Waals surface area (Å²) in [6, 6.07) is 18.2. The number of hydrogen-bond acceptors (Lipinski definition) is 5. The maximum atomic E-state index is 12.7. The second kappa shape index (κ2) is 11.0. The molecule has 0 spiro atoms. The van der Waals surface area contributed by atoms with Crippen molar-refractivity contribution in [2.45, 2.75) is 25.7 Å². The van der Waals surface area contributed by atoms with Gasteiger partial charge in [0, 0.05) is 23.5 Å². The van der Waals surface area contributed by atoms with Gasteiger partial charge >= 0.3 is 0 Å². The van der Waals surface area contributed by atoms with Crippen molar-refractivity contribution >= 4 is 27.3 Å². The Morgan fingerprint density at radius 1 is 0.848 bits per heavy atom. The first-order valence-corrected chi connectivity index (χ1v) is 12.1. The highest BCUT2D eigenvalue weighted by atomic mass is 32.2. The molecule has 0 aliphatic heterocycles. The molecule has 0 aliphatic carbocycles. The van der Waals surface area contributed by atoms with E-state index in [1.54, 1.807) is 48.5 Å². The summed E-state index contributed by atoms with van der Waals surface area (Å²) in [4.78, 5) is 12.6. The zero-order valence-corrected chi connectivity index (χ0v) is 19.7. The molecule has 3 aromatic carbocycles. The molecule has 7 nitrogen and oxygen atoms in total. The maximum Gasteiger partial charge on any atom is 0.261 e. The van der Waals surface area contributed by atoms with E-state index in [2.05, 4.69) is 10.0 Å². The van der Waals surface area contributed by atoms with Crippen LogP contribution in [0.1, 0.15) is 28.4 Å². The Kier molecular flexibility index (Phi) is 8.08. The lowest BCUT2D eigenvalue weighted by Gasteiger charge is -2.11. The van der Waals surface area contributed by atoms with Crippen molar-refractivity contribution < 1.29 is 22.7 Å². The molecule has 0 atom stereocenters. The van der Waals surface area contributed by atoms with Crippen molar-refractivity contribution in [3.05, 3.63) is 83.4 Å². The molecule has 2 N–H and O–H groups in total. The summed E-state index contributed by atoms with van der Waals surface area (Å²) in [6.45, 7) is 7.39. The average molecular weight is 469 g/mol. The Morgan fingerprint density at radius 3 is 2.15 bits per heavy atom. The monoisotopic (exact) mass is 468 g/mol. The van der Waals surface area contributed by atoms with Gasteiger partial charge in [-0.2, -0.15) is 0 Å². The van der Waals surface area contributed by atoms with Crippen molar-refractivity contribution in [2.24, 2.45) is 0 Å². The number of carbonyl (C=O) groups is 1. The van der Waals surface area contributed by atoms with Crippen LogP contribution in [-0.2, 0) is 14.8 Å². The van der Waals surface area contributed by atoms with E-state index < -0.39 is 10.0 Å². The van der Waals surface area contributed by atoms with E-state index in [-0.39, 0.29) is 10.8 Å². The van der Waals surface area contributed by atoms with Gasteiger partial charge in [0.2, 0.25) is 0 Å². The van der Waals surface area contributed by atoms with Gasteiger partial charge < -0.3 is 14.8 Å². The van der Waals surface area contributed by atoms with Crippen LogP contribution in [0.2, 0.25) is 0 Å². The number of rotatable bonds is 10. The van der Waals surface area contributed by atoms with Gasteiger partial charge in [-0.05, 0) is 92.6 Å². The molecule has 0 saturated carbocycles. The largest absolute Gasteiger partial charge is 0.491 e. The summed E-state index contributed by atoms with van der Waals surface area (Å²) in [6.07, 6.45) is 0. The highest BCUT2D eigenvalue weighted by Gasteiger charge is 2.15. The minimum atomic E-state index is -3.74. The summed E-state index contributed by atoms with van der Waals surface area (Å²) in [5.74, 6) is 0.344. The molecule has 0 saturated heterocycles. The Bertz CT molecular complexity index is 1190. The lowest BCUT2D eigenvalue weighted by molar-refractivity contribution is 0.102. The van der Waals surface area contributed by atoms with E-state index in [4.69, 9.17) is 9.47 Å². The van der Waals surface area contributed by atoms with E-state index >= 15 is 0 Å². The molecule has 3 aromatic rings. The summed E-state index contributed by atoms with van der Waals surface area (Å²) in [5.41, 5.74) is 3.53. The number of ether oxygens (including phenoxy) is 2. The van der Waals surface area contributed by atoms with E-state index in [9.17, 15) is 13.2 Å². The lowest BCUT2D eigenvalue weighted by atomic mass is 10.1. The van der Waals surface area contributed by atoms with Gasteiger partial charge in [-0.3, -0.25) is 9.52 Å². The van der Waals surface area contributed by atoms with Gasteiger partial charge in [-0.15, -0.1) is 0 Å². The van der Waals surface area contributed by atoms with Crippen molar-refractivity contribution in [1.29, 1.82) is 0 Å². The molecule has 33 heavy (non-hydrogen) atoms. The van der Waals surface area contributed by atoms with Gasteiger partial charge in [-0.25, -0.2) is 8.42 Å². The van der Waals surface area contributed by atoms with Crippen LogP contribution in [0.15, 0.2) is 71.6 Å². The Hall–Kier alpha value is -3.36. The summed E-state index contributed by atoms with van der Waals surface area (Å²) >= 11 is 0. The maximum absolute atomic E-state index is 12.7. The van der Waals surface area contributed by atoms with Crippen molar-refractivity contribution in [1.82, 2.24) is 0 Å². The minimum Gasteiger partial charge on any atom is -0.491 e. The fourth-order valence-corrected chi connectivity index (χ4v) is 4.05. The third kappa shape index (κ3) is 6.81. The number of amides is 1. The zero-order chi connectivity index (χ0) is 23.8. The Balaban J connectivity index is 1.60. The van der Waals surface area contributed by atoms with Crippen molar-refractivity contribution in [3.8, 4) is 5.75 Å². The number of anilines is 2. The first kappa shape index (κ1) is 24.3. The molecule has 1 amide bonds. The van der Waals surface area contributed by atoms with Crippen molar-refractivity contribution in [3.63, 3.8) is 0 Å². The number of sulfonamides is 1. The minimum absolute atomic E-state index is 0.104. The molecule has 0 aliphatic rings. The summed E-state index contributed by atoms with van der Waals surface area (Å²) < 4.78 is 38.7. The topological polar surface area (TPSA) is 93.7 Å². The molecular weight excluding hydrogens is 440 g/mol. The molecule has 0 aromatic heterocycles. The van der Waals surface area contributed by atoms with Crippen LogP contribution in [0.25, 0.3) is 0 Å². The van der Waals surface area contributed by atoms with Crippen LogP contribution in [0.4, 0.5) is 11.4 Å². The van der Waals surface area contributed by atoms with Gasteiger partial charge in [0.1, 0.15) is 12.4 Å². The number of hydrogen-bond donors (Lipinski definition) is 2. The quantitative estimate of drug-likeness (QED) is 0.418. The number of benzene rings is 3. The number of aryl methyl sites for hydroxylation is 2. The van der Waals surface area contributed by atoms with Crippen LogP contribution in [0.3, 0.4) is 0 Å². The second-order valence-corrected chi connectivity index (χ2v) is 9.14. The number of nitrogens with one attached hydrogen (secondary N) is 2. The van der Waals surface area contributed by atoms with Crippen LogP contribution in [0.5, 0.6) is 5.75 Å². The van der Waals surface area contributed by atoms with Crippen LogP contribution >= 0.6 is 0 Å². The third-order valence-corrected chi connectivity index (χ3v) is 6.40. The van der Waals surface area contributed by atoms with Gasteiger partial charge in [0.05, 0.1) is 11.5 Å². The first-order valence-electron chi connectivity index (χ1n) is 10.6. The highest BCUT2D eigenvalue weighted by molar-refractivity contribution is 7.92. The fraction of sp³-hybridized carbons (Fsp3) is 0.240. The first-order chi connectivity index (χ1) is 15.8. The third-order valence-electron chi connectivity index (χ3n) is 5.00. The zero-order valence-electron chi connectivity index (χ0n) is 18.9. The van der Waals surface area contributed by atoms with Gasteiger partial charge in [-0.1, -0.05) is 6.07 Å². The molecule has 8 heteroatoms. The molecule has 0 radical (unpaired) electrons. The molecule has 0 heterocycles. The molecule has 3 rings (SSSR count). The average Bonchev–Trinajstić information content (AvgIpc) is 2.80. The molecule has 174 valence electrons. The molecule has 0 fully saturated rings. The van der Waals surface area contributed by atoms with E-state index in [1.807, 2.05) is 26.8 Å². The van der Waals surface area contributed by atoms with E-state index in [1.165, 1.54) is 12.1 Å². The predicted molar refractivity (Wildman–Crippen MR) is 130 cm³/mol. The fourth-order valence-electron chi connectivity index (χ4n) is 3.00. The lowest BCUT2D eigenvalue weighted by Crippen LogP contribution is -2.14. The van der Waals surface area contributed by atoms with Crippen LogP contribution < -0.4 is 14.8 Å². The van der Waals surface area contributed by atoms with E-state index in [0.29, 0.717) is 42.5 Å². The van der Waals surface area contributed by atoms with Crippen molar-refractivity contribution in [2.75, 3.05) is 29.9 Å². The van der Waals surface area contributed by atoms with Crippen LogP contribution in [-0.4, -0.2) is 34.1 Å². The Labute approximate surface area is 194 Å². The highest BCUT2D eigenvalue weighted by Crippen LogP contribution is 2.21. The number of carbonyl (C=O) groups excluding carboxylic acids is 1. The summed E-state index contributed by atoms with van der Waals surface area (Å²) in [5, 5.41) is 2.76. The Morgan fingerprint density at radius 2 is 1.52 bits per heavy atom.